The van der Waals surface area contributed by atoms with Gasteiger partial charge in [0.05, 0.1) is 16.0 Å². The molecule has 2 aromatic heterocycles. The second kappa shape index (κ2) is 6.90. The highest BCUT2D eigenvalue weighted by Gasteiger charge is 2.38. The van der Waals surface area contributed by atoms with Gasteiger partial charge in [0.25, 0.3) is 0 Å². The van der Waals surface area contributed by atoms with E-state index < -0.39 is 5.60 Å². The SMILES string of the molecule is CC(C)(C)OC(=O)N1CCCC1N1CCn2c(c(Br)c3c(Cl)ncnc32)C1. The molecule has 1 amide bonds. The first kappa shape index (κ1) is 19.0. The molecule has 0 saturated carbocycles. The van der Waals surface area contributed by atoms with E-state index in [0.717, 1.165) is 60.2 Å². The fourth-order valence-electron chi connectivity index (χ4n) is 3.95. The van der Waals surface area contributed by atoms with E-state index in [-0.39, 0.29) is 12.3 Å². The Morgan fingerprint density at radius 1 is 1.30 bits per heavy atom. The fourth-order valence-corrected chi connectivity index (χ4v) is 4.99. The van der Waals surface area contributed by atoms with Gasteiger partial charge in [-0.15, -0.1) is 0 Å². The molecule has 2 aliphatic rings. The average Bonchev–Trinajstić information content (AvgIpc) is 3.18. The van der Waals surface area contributed by atoms with Crippen molar-refractivity contribution in [1.29, 1.82) is 0 Å². The fraction of sp³-hybridized carbons (Fsp3) is 0.611. The van der Waals surface area contributed by atoms with Crippen molar-refractivity contribution in [3.63, 3.8) is 0 Å². The molecule has 0 aliphatic carbocycles. The number of rotatable bonds is 1. The Labute approximate surface area is 171 Å². The summed E-state index contributed by atoms with van der Waals surface area (Å²) < 4.78 is 8.74. The van der Waals surface area contributed by atoms with Crippen LogP contribution in [0.3, 0.4) is 0 Å². The number of carbonyl (C=O) groups excluding carboxylic acids is 1. The number of likely N-dealkylation sites (tertiary alicyclic amines) is 1. The highest BCUT2D eigenvalue weighted by Crippen LogP contribution is 2.37. The molecule has 0 aromatic carbocycles. The van der Waals surface area contributed by atoms with Crippen LogP contribution in [0.15, 0.2) is 10.8 Å². The van der Waals surface area contributed by atoms with Gasteiger partial charge in [-0.1, -0.05) is 11.6 Å². The van der Waals surface area contributed by atoms with E-state index in [4.69, 9.17) is 16.3 Å². The first-order valence-corrected chi connectivity index (χ1v) is 10.3. The van der Waals surface area contributed by atoms with E-state index in [1.54, 1.807) is 0 Å². The van der Waals surface area contributed by atoms with Crippen LogP contribution in [0, 0.1) is 0 Å². The first-order chi connectivity index (χ1) is 12.8. The molecular weight excluding hydrogens is 434 g/mol. The van der Waals surface area contributed by atoms with E-state index >= 15 is 0 Å². The number of fused-ring (bicyclic) bond motifs is 3. The molecule has 1 saturated heterocycles. The molecule has 4 heterocycles. The van der Waals surface area contributed by atoms with Crippen LogP contribution in [0.2, 0.25) is 5.15 Å². The Morgan fingerprint density at radius 2 is 2.07 bits per heavy atom. The molecule has 0 radical (unpaired) electrons. The Morgan fingerprint density at radius 3 is 2.81 bits per heavy atom. The van der Waals surface area contributed by atoms with Crippen LogP contribution in [-0.4, -0.2) is 55.3 Å². The number of nitrogens with zero attached hydrogens (tertiary/aromatic N) is 5. The Balaban J connectivity index is 1.60. The number of carbonyl (C=O) groups is 1. The molecule has 9 heteroatoms. The van der Waals surface area contributed by atoms with Crippen molar-refractivity contribution in [3.05, 3.63) is 21.6 Å². The van der Waals surface area contributed by atoms with Crippen molar-refractivity contribution < 1.29 is 9.53 Å². The van der Waals surface area contributed by atoms with Crippen LogP contribution in [-0.2, 0) is 17.8 Å². The van der Waals surface area contributed by atoms with Gasteiger partial charge < -0.3 is 9.30 Å². The molecule has 1 unspecified atom stereocenters. The van der Waals surface area contributed by atoms with Gasteiger partial charge >= 0.3 is 6.09 Å². The molecule has 27 heavy (non-hydrogen) atoms. The summed E-state index contributed by atoms with van der Waals surface area (Å²) in [6.45, 7) is 8.79. The Bertz CT molecular complexity index is 894. The van der Waals surface area contributed by atoms with Crippen LogP contribution in [0.25, 0.3) is 11.0 Å². The summed E-state index contributed by atoms with van der Waals surface area (Å²) in [4.78, 5) is 25.4. The molecule has 0 N–H and O–H groups in total. The standard InChI is InChI=1S/C18H23BrClN5O2/c1-18(2,3)27-17(26)25-6-4-5-12(25)23-7-8-24-11(9-23)14(19)13-15(20)21-10-22-16(13)24/h10,12H,4-9H2,1-3H3. The maximum absolute atomic E-state index is 12.6. The maximum atomic E-state index is 12.6. The minimum atomic E-state index is -0.489. The van der Waals surface area contributed by atoms with E-state index in [1.807, 2.05) is 25.7 Å². The highest BCUT2D eigenvalue weighted by atomic mass is 79.9. The molecule has 0 bridgehead atoms. The predicted molar refractivity (Wildman–Crippen MR) is 107 cm³/mol. The third-order valence-electron chi connectivity index (χ3n) is 5.07. The largest absolute Gasteiger partial charge is 0.444 e. The van der Waals surface area contributed by atoms with E-state index in [2.05, 4.69) is 35.4 Å². The zero-order valence-electron chi connectivity index (χ0n) is 15.7. The van der Waals surface area contributed by atoms with Crippen LogP contribution in [0.1, 0.15) is 39.3 Å². The lowest BCUT2D eigenvalue weighted by Gasteiger charge is -2.38. The second-order valence-electron chi connectivity index (χ2n) is 8.04. The topological polar surface area (TPSA) is 63.5 Å². The van der Waals surface area contributed by atoms with Gasteiger partial charge in [0.2, 0.25) is 0 Å². The lowest BCUT2D eigenvalue weighted by molar-refractivity contribution is -0.00457. The summed E-state index contributed by atoms with van der Waals surface area (Å²) in [7, 11) is 0. The van der Waals surface area contributed by atoms with Crippen molar-refractivity contribution >= 4 is 44.7 Å². The minimum absolute atomic E-state index is 0.0556. The Kier molecular flexibility index (Phi) is 4.84. The highest BCUT2D eigenvalue weighted by molar-refractivity contribution is 9.10. The summed E-state index contributed by atoms with van der Waals surface area (Å²) in [6, 6.07) is 0. The van der Waals surface area contributed by atoms with Gasteiger partial charge in [0.15, 0.2) is 0 Å². The molecule has 7 nitrogen and oxygen atoms in total. The third kappa shape index (κ3) is 3.43. The van der Waals surface area contributed by atoms with Crippen LogP contribution >= 0.6 is 27.5 Å². The summed E-state index contributed by atoms with van der Waals surface area (Å²) in [5.74, 6) is 0. The van der Waals surface area contributed by atoms with E-state index in [9.17, 15) is 4.79 Å². The lowest BCUT2D eigenvalue weighted by Crippen LogP contribution is -2.50. The van der Waals surface area contributed by atoms with Crippen molar-refractivity contribution in [3.8, 4) is 0 Å². The summed E-state index contributed by atoms with van der Waals surface area (Å²) >= 11 is 9.99. The maximum Gasteiger partial charge on any atom is 0.411 e. The molecule has 2 aliphatic heterocycles. The zero-order valence-corrected chi connectivity index (χ0v) is 18.0. The average molecular weight is 457 g/mol. The minimum Gasteiger partial charge on any atom is -0.444 e. The molecule has 0 spiro atoms. The Hall–Kier alpha value is -1.38. The molecular formula is C18H23BrClN5O2. The van der Waals surface area contributed by atoms with Crippen LogP contribution < -0.4 is 0 Å². The van der Waals surface area contributed by atoms with Crippen molar-refractivity contribution in [1.82, 2.24) is 24.3 Å². The van der Waals surface area contributed by atoms with Crippen LogP contribution in [0.5, 0.6) is 0 Å². The zero-order chi connectivity index (χ0) is 19.3. The smallest absolute Gasteiger partial charge is 0.411 e. The van der Waals surface area contributed by atoms with Gasteiger partial charge in [-0.25, -0.2) is 14.8 Å². The van der Waals surface area contributed by atoms with Crippen molar-refractivity contribution in [2.45, 2.75) is 58.5 Å². The number of halogens is 2. The van der Waals surface area contributed by atoms with Crippen molar-refractivity contribution in [2.75, 3.05) is 13.1 Å². The summed E-state index contributed by atoms with van der Waals surface area (Å²) in [5, 5.41) is 1.31. The van der Waals surface area contributed by atoms with Gasteiger partial charge in [0, 0.05) is 31.9 Å². The molecule has 1 fully saturated rings. The van der Waals surface area contributed by atoms with E-state index in [1.165, 1.54) is 6.33 Å². The van der Waals surface area contributed by atoms with E-state index in [0.29, 0.717) is 5.15 Å². The molecule has 4 rings (SSSR count). The number of hydrogen-bond acceptors (Lipinski definition) is 5. The molecule has 2 aromatic rings. The third-order valence-corrected chi connectivity index (χ3v) is 6.21. The number of ether oxygens (including phenoxy) is 1. The van der Waals surface area contributed by atoms with Gasteiger partial charge in [-0.3, -0.25) is 9.80 Å². The summed E-state index contributed by atoms with van der Waals surface area (Å²) in [5.41, 5.74) is 1.48. The molecule has 1 atom stereocenters. The normalized spacial score (nSPS) is 20.9. The van der Waals surface area contributed by atoms with Crippen LogP contribution in [0.4, 0.5) is 4.79 Å². The first-order valence-electron chi connectivity index (χ1n) is 9.17. The van der Waals surface area contributed by atoms with Gasteiger partial charge in [-0.2, -0.15) is 0 Å². The number of aromatic nitrogens is 3. The number of amides is 1. The van der Waals surface area contributed by atoms with Gasteiger partial charge in [-0.05, 0) is 49.5 Å². The quantitative estimate of drug-likeness (QED) is 0.607. The predicted octanol–water partition coefficient (Wildman–Crippen LogP) is 4.02. The number of hydrogen-bond donors (Lipinski definition) is 0. The van der Waals surface area contributed by atoms with Gasteiger partial charge in [0.1, 0.15) is 22.7 Å². The second-order valence-corrected chi connectivity index (χ2v) is 9.19. The monoisotopic (exact) mass is 455 g/mol. The lowest BCUT2D eigenvalue weighted by atomic mass is 10.2. The summed E-state index contributed by atoms with van der Waals surface area (Å²) in [6.07, 6.45) is 3.27. The van der Waals surface area contributed by atoms with Crippen molar-refractivity contribution in [2.24, 2.45) is 0 Å². The molecule has 146 valence electrons.